The normalized spacial score (nSPS) is 12.8. The van der Waals surface area contributed by atoms with E-state index < -0.39 is 6.10 Å². The maximum atomic E-state index is 10.6. The molecule has 3 heteroatoms. The molecule has 0 rings (SSSR count). The topological polar surface area (TPSA) is 61.2 Å². The van der Waals surface area contributed by atoms with Crippen LogP contribution < -0.4 is 0 Å². The van der Waals surface area contributed by atoms with Gasteiger partial charge in [0.1, 0.15) is 6.10 Å². The van der Waals surface area contributed by atoms with E-state index in [1.54, 1.807) is 6.92 Å². The Bertz CT molecular complexity index is 129. The van der Waals surface area contributed by atoms with Gasteiger partial charge >= 0.3 is 0 Å². The molecule has 0 fully saturated rings. The molecule has 52 valence electrons. The monoisotopic (exact) mass is 129 g/mol. The number of aliphatic hydroxyl groups is 1. The molecular weight excluding hydrogens is 118 g/mol. The number of hydrogen-bond donors (Lipinski definition) is 2. The third-order valence-electron chi connectivity index (χ3n) is 0.905. The first-order chi connectivity index (χ1) is 4.04. The van der Waals surface area contributed by atoms with Gasteiger partial charge in [-0.15, -0.1) is 0 Å². The second-order valence-corrected chi connectivity index (χ2v) is 2.10. The Hall–Kier alpha value is -0.700. The minimum absolute atomic E-state index is 0.0671. The highest BCUT2D eigenvalue weighted by molar-refractivity contribution is 6.00. The van der Waals surface area contributed by atoms with Crippen LogP contribution in [0.4, 0.5) is 0 Å². The van der Waals surface area contributed by atoms with Crippen molar-refractivity contribution in [3.8, 4) is 0 Å². The van der Waals surface area contributed by atoms with Crippen LogP contribution in [0.15, 0.2) is 0 Å². The largest absolute Gasteiger partial charge is 0.386 e. The van der Waals surface area contributed by atoms with Crippen LogP contribution in [0.2, 0.25) is 0 Å². The van der Waals surface area contributed by atoms with Gasteiger partial charge in [-0.05, 0) is 13.8 Å². The number of ketones is 1. The van der Waals surface area contributed by atoms with Gasteiger partial charge in [0.05, 0.1) is 0 Å². The highest BCUT2D eigenvalue weighted by Crippen LogP contribution is 1.90. The maximum absolute atomic E-state index is 10.6. The van der Waals surface area contributed by atoms with Crippen molar-refractivity contribution in [1.82, 2.24) is 0 Å². The SMILES string of the molecule is CC(=N)CC(=O)C(C)O. The number of carbonyl (C=O) groups excluding carboxylic acids is 1. The maximum Gasteiger partial charge on any atom is 0.166 e. The average Bonchev–Trinajstić information content (AvgIpc) is 1.63. The zero-order valence-electron chi connectivity index (χ0n) is 5.64. The van der Waals surface area contributed by atoms with E-state index in [4.69, 9.17) is 10.5 Å². The summed E-state index contributed by atoms with van der Waals surface area (Å²) in [5, 5.41) is 15.5. The van der Waals surface area contributed by atoms with Crippen LogP contribution >= 0.6 is 0 Å². The first-order valence-corrected chi connectivity index (χ1v) is 2.79. The summed E-state index contributed by atoms with van der Waals surface area (Å²) in [6, 6.07) is 0. The summed E-state index contributed by atoms with van der Waals surface area (Å²) in [7, 11) is 0. The van der Waals surface area contributed by atoms with Crippen molar-refractivity contribution in [3.63, 3.8) is 0 Å². The van der Waals surface area contributed by atoms with Gasteiger partial charge in [-0.2, -0.15) is 0 Å². The molecule has 0 amide bonds. The fourth-order valence-electron chi connectivity index (χ4n) is 0.409. The van der Waals surface area contributed by atoms with E-state index in [9.17, 15) is 4.79 Å². The lowest BCUT2D eigenvalue weighted by atomic mass is 10.1. The minimum Gasteiger partial charge on any atom is -0.386 e. The molecule has 1 unspecified atom stereocenters. The lowest BCUT2D eigenvalue weighted by molar-refractivity contribution is -0.125. The second kappa shape index (κ2) is 3.35. The van der Waals surface area contributed by atoms with Gasteiger partial charge in [0.2, 0.25) is 0 Å². The molecule has 0 heterocycles. The molecule has 0 saturated carbocycles. The molecule has 1 atom stereocenters. The molecule has 0 saturated heterocycles. The Morgan fingerprint density at radius 1 is 1.78 bits per heavy atom. The minimum atomic E-state index is -0.926. The molecule has 0 aromatic carbocycles. The van der Waals surface area contributed by atoms with Crippen molar-refractivity contribution in [2.75, 3.05) is 0 Å². The zero-order chi connectivity index (χ0) is 7.44. The average molecular weight is 129 g/mol. The van der Waals surface area contributed by atoms with E-state index in [2.05, 4.69) is 0 Å². The summed E-state index contributed by atoms with van der Waals surface area (Å²) in [6.45, 7) is 2.95. The molecule has 0 bridgehead atoms. The van der Waals surface area contributed by atoms with Crippen molar-refractivity contribution in [3.05, 3.63) is 0 Å². The zero-order valence-corrected chi connectivity index (χ0v) is 5.64. The summed E-state index contributed by atoms with van der Waals surface area (Å²) in [4.78, 5) is 10.6. The van der Waals surface area contributed by atoms with Gasteiger partial charge in [-0.3, -0.25) is 4.79 Å². The first-order valence-electron chi connectivity index (χ1n) is 2.79. The highest BCUT2D eigenvalue weighted by atomic mass is 16.3. The Kier molecular flexibility index (Phi) is 3.09. The summed E-state index contributed by atoms with van der Waals surface area (Å²) < 4.78 is 0. The molecule has 0 aliphatic carbocycles. The number of nitrogens with one attached hydrogen (secondary N) is 1. The van der Waals surface area contributed by atoms with Crippen molar-refractivity contribution >= 4 is 11.5 Å². The molecular formula is C6H11NO2. The summed E-state index contributed by atoms with van der Waals surface area (Å²) in [5.74, 6) is -0.289. The highest BCUT2D eigenvalue weighted by Gasteiger charge is 2.08. The van der Waals surface area contributed by atoms with Crippen LogP contribution in [0.1, 0.15) is 20.3 Å². The van der Waals surface area contributed by atoms with Gasteiger partial charge in [0.15, 0.2) is 5.78 Å². The molecule has 0 radical (unpaired) electrons. The van der Waals surface area contributed by atoms with Crippen molar-refractivity contribution in [2.45, 2.75) is 26.4 Å². The lowest BCUT2D eigenvalue weighted by Crippen LogP contribution is -2.17. The number of Topliss-reactive ketones (excluding diaryl/α,β-unsaturated/α-hetero) is 1. The van der Waals surface area contributed by atoms with E-state index in [0.717, 1.165) is 0 Å². The van der Waals surface area contributed by atoms with Crippen LogP contribution in [0, 0.1) is 5.41 Å². The summed E-state index contributed by atoms with van der Waals surface area (Å²) in [6.07, 6.45) is -0.859. The Morgan fingerprint density at radius 2 is 2.22 bits per heavy atom. The van der Waals surface area contributed by atoms with Crippen molar-refractivity contribution in [1.29, 1.82) is 5.41 Å². The number of aliphatic hydroxyl groups excluding tert-OH is 1. The Labute approximate surface area is 54.2 Å². The summed E-state index contributed by atoms with van der Waals surface area (Å²) >= 11 is 0. The van der Waals surface area contributed by atoms with E-state index in [-0.39, 0.29) is 12.2 Å². The predicted octanol–water partition coefficient (Wildman–Crippen LogP) is 0.366. The van der Waals surface area contributed by atoms with Crippen LogP contribution in [0.25, 0.3) is 0 Å². The van der Waals surface area contributed by atoms with E-state index in [1.165, 1.54) is 6.92 Å². The second-order valence-electron chi connectivity index (χ2n) is 2.10. The van der Waals surface area contributed by atoms with E-state index >= 15 is 0 Å². The third kappa shape index (κ3) is 3.85. The number of carbonyl (C=O) groups is 1. The number of rotatable bonds is 3. The van der Waals surface area contributed by atoms with Crippen molar-refractivity contribution in [2.24, 2.45) is 0 Å². The Morgan fingerprint density at radius 3 is 2.33 bits per heavy atom. The Balaban J connectivity index is 3.64. The molecule has 0 aromatic heterocycles. The van der Waals surface area contributed by atoms with Gasteiger partial charge in [0, 0.05) is 12.1 Å². The van der Waals surface area contributed by atoms with Crippen LogP contribution in [0.3, 0.4) is 0 Å². The van der Waals surface area contributed by atoms with Gasteiger partial charge in [-0.25, -0.2) is 0 Å². The predicted molar refractivity (Wildman–Crippen MR) is 34.7 cm³/mol. The quantitative estimate of drug-likeness (QED) is 0.541. The number of hydrogen-bond acceptors (Lipinski definition) is 3. The van der Waals surface area contributed by atoms with Gasteiger partial charge in [0.25, 0.3) is 0 Å². The fraction of sp³-hybridized carbons (Fsp3) is 0.667. The first kappa shape index (κ1) is 8.30. The van der Waals surface area contributed by atoms with Crippen LogP contribution in [0.5, 0.6) is 0 Å². The van der Waals surface area contributed by atoms with E-state index in [1.807, 2.05) is 0 Å². The fourth-order valence-corrected chi connectivity index (χ4v) is 0.409. The summed E-state index contributed by atoms with van der Waals surface area (Å²) in [5.41, 5.74) is 0.293. The van der Waals surface area contributed by atoms with Gasteiger partial charge < -0.3 is 10.5 Å². The van der Waals surface area contributed by atoms with E-state index in [0.29, 0.717) is 5.71 Å². The third-order valence-corrected chi connectivity index (χ3v) is 0.905. The smallest absolute Gasteiger partial charge is 0.166 e. The molecule has 0 spiro atoms. The molecule has 0 aliphatic rings. The molecule has 0 aliphatic heterocycles. The molecule has 0 aromatic rings. The van der Waals surface area contributed by atoms with Crippen LogP contribution in [-0.2, 0) is 4.79 Å². The molecule has 2 N–H and O–H groups in total. The molecule has 3 nitrogen and oxygen atoms in total. The lowest BCUT2D eigenvalue weighted by Gasteiger charge is -1.99. The van der Waals surface area contributed by atoms with Gasteiger partial charge in [-0.1, -0.05) is 0 Å². The standard InChI is InChI=1S/C6H11NO2/c1-4(7)3-6(9)5(2)8/h5,7-8H,3H2,1-2H3. The van der Waals surface area contributed by atoms with Crippen LogP contribution in [-0.4, -0.2) is 22.7 Å². The van der Waals surface area contributed by atoms with Crippen molar-refractivity contribution < 1.29 is 9.90 Å². The molecule has 9 heavy (non-hydrogen) atoms.